The minimum Gasteiger partial charge on any atom is -0.481 e. The van der Waals surface area contributed by atoms with Crippen LogP contribution in [0, 0.1) is 6.92 Å². The Morgan fingerprint density at radius 1 is 1.33 bits per heavy atom. The van der Waals surface area contributed by atoms with Crippen LogP contribution in [0.5, 0.6) is 0 Å². The van der Waals surface area contributed by atoms with Crippen molar-refractivity contribution in [3.8, 4) is 0 Å². The number of furan rings is 1. The summed E-state index contributed by atoms with van der Waals surface area (Å²) in [7, 11) is 0. The van der Waals surface area contributed by atoms with Crippen LogP contribution in [0.1, 0.15) is 34.0 Å². The Morgan fingerprint density at radius 2 is 2.10 bits per heavy atom. The first-order valence-electron chi connectivity index (χ1n) is 6.74. The number of hydrogen-bond acceptors (Lipinski definition) is 3. The Morgan fingerprint density at radius 3 is 2.76 bits per heavy atom. The van der Waals surface area contributed by atoms with Crippen molar-refractivity contribution in [2.24, 2.45) is 0 Å². The minimum atomic E-state index is -0.858. The number of para-hydroxylation sites is 1. The van der Waals surface area contributed by atoms with E-state index < -0.39 is 5.97 Å². The molecule has 5 heteroatoms. The quantitative estimate of drug-likeness (QED) is 0.941. The highest BCUT2D eigenvalue weighted by atomic mass is 16.4. The standard InChI is InChI=1S/C16H15NO4/c1-10-12(6-7-21-10)16(20)17-9-11(8-15(18)19)13-4-2-3-5-14(13)17/h2-7,11H,8-9H2,1H3,(H,18,19). The first-order valence-corrected chi connectivity index (χ1v) is 6.74. The normalized spacial score (nSPS) is 16.8. The van der Waals surface area contributed by atoms with E-state index in [-0.39, 0.29) is 18.2 Å². The number of carboxylic acid groups (broad SMARTS) is 1. The van der Waals surface area contributed by atoms with Crippen LogP contribution in [0.4, 0.5) is 5.69 Å². The predicted octanol–water partition coefficient (Wildman–Crippen LogP) is 2.81. The van der Waals surface area contributed by atoms with Crippen molar-refractivity contribution >= 4 is 17.6 Å². The lowest BCUT2D eigenvalue weighted by atomic mass is 9.98. The number of hydrogen-bond donors (Lipinski definition) is 1. The number of aliphatic carboxylic acids is 1. The molecule has 5 nitrogen and oxygen atoms in total. The van der Waals surface area contributed by atoms with Gasteiger partial charge in [-0.3, -0.25) is 9.59 Å². The van der Waals surface area contributed by atoms with E-state index in [9.17, 15) is 9.59 Å². The zero-order valence-electron chi connectivity index (χ0n) is 11.6. The van der Waals surface area contributed by atoms with Crippen LogP contribution in [0.2, 0.25) is 0 Å². The van der Waals surface area contributed by atoms with Crippen LogP contribution in [0.25, 0.3) is 0 Å². The highest BCUT2D eigenvalue weighted by Gasteiger charge is 2.34. The third-order valence-electron chi connectivity index (χ3n) is 3.83. The molecule has 0 radical (unpaired) electrons. The summed E-state index contributed by atoms with van der Waals surface area (Å²) in [5, 5.41) is 9.03. The molecular weight excluding hydrogens is 270 g/mol. The molecule has 108 valence electrons. The van der Waals surface area contributed by atoms with E-state index in [1.165, 1.54) is 6.26 Å². The van der Waals surface area contributed by atoms with Crippen LogP contribution in [0.15, 0.2) is 41.0 Å². The van der Waals surface area contributed by atoms with Gasteiger partial charge in [-0.05, 0) is 24.6 Å². The minimum absolute atomic E-state index is 0.0190. The van der Waals surface area contributed by atoms with Crippen molar-refractivity contribution in [2.75, 3.05) is 11.4 Å². The van der Waals surface area contributed by atoms with Gasteiger partial charge in [0, 0.05) is 18.2 Å². The van der Waals surface area contributed by atoms with Crippen molar-refractivity contribution < 1.29 is 19.1 Å². The molecule has 0 spiro atoms. The van der Waals surface area contributed by atoms with Crippen molar-refractivity contribution in [1.29, 1.82) is 0 Å². The van der Waals surface area contributed by atoms with Gasteiger partial charge in [0.25, 0.3) is 5.91 Å². The summed E-state index contributed by atoms with van der Waals surface area (Å²) in [5.41, 5.74) is 2.21. The lowest BCUT2D eigenvalue weighted by Gasteiger charge is -2.17. The third-order valence-corrected chi connectivity index (χ3v) is 3.83. The largest absolute Gasteiger partial charge is 0.481 e. The van der Waals surface area contributed by atoms with Gasteiger partial charge in [-0.25, -0.2) is 0 Å². The maximum Gasteiger partial charge on any atom is 0.304 e. The molecule has 0 saturated heterocycles. The Hall–Kier alpha value is -2.56. The molecule has 1 unspecified atom stereocenters. The maximum atomic E-state index is 12.6. The fourth-order valence-electron chi connectivity index (χ4n) is 2.83. The molecule has 3 rings (SSSR count). The maximum absolute atomic E-state index is 12.6. The number of amides is 1. The van der Waals surface area contributed by atoms with E-state index in [1.807, 2.05) is 24.3 Å². The molecule has 1 N–H and O–H groups in total. The number of carbonyl (C=O) groups excluding carboxylic acids is 1. The second-order valence-electron chi connectivity index (χ2n) is 5.16. The van der Waals surface area contributed by atoms with Crippen LogP contribution >= 0.6 is 0 Å². The number of benzene rings is 1. The summed E-state index contributed by atoms with van der Waals surface area (Å²) in [6.07, 6.45) is 1.50. The lowest BCUT2D eigenvalue weighted by Crippen LogP contribution is -2.30. The lowest BCUT2D eigenvalue weighted by molar-refractivity contribution is -0.137. The van der Waals surface area contributed by atoms with Gasteiger partial charge in [0.2, 0.25) is 0 Å². The van der Waals surface area contributed by atoms with Crippen LogP contribution < -0.4 is 4.90 Å². The fraction of sp³-hybridized carbons (Fsp3) is 0.250. The van der Waals surface area contributed by atoms with E-state index in [1.54, 1.807) is 17.9 Å². The number of fused-ring (bicyclic) bond motifs is 1. The summed E-state index contributed by atoms with van der Waals surface area (Å²) >= 11 is 0. The Bertz CT molecular complexity index is 704. The smallest absolute Gasteiger partial charge is 0.304 e. The molecule has 0 aliphatic carbocycles. The summed E-state index contributed by atoms with van der Waals surface area (Å²) in [6.45, 7) is 2.12. The molecular formula is C16H15NO4. The van der Waals surface area contributed by atoms with Gasteiger partial charge in [0.05, 0.1) is 18.2 Å². The predicted molar refractivity (Wildman–Crippen MR) is 76.6 cm³/mol. The van der Waals surface area contributed by atoms with Gasteiger partial charge < -0.3 is 14.4 Å². The van der Waals surface area contributed by atoms with Crippen molar-refractivity contribution in [3.05, 3.63) is 53.5 Å². The van der Waals surface area contributed by atoms with Gasteiger partial charge in [0.1, 0.15) is 5.76 Å². The highest BCUT2D eigenvalue weighted by Crippen LogP contribution is 2.38. The Labute approximate surface area is 121 Å². The van der Waals surface area contributed by atoms with E-state index in [0.717, 1.165) is 11.3 Å². The topological polar surface area (TPSA) is 70.8 Å². The fourth-order valence-corrected chi connectivity index (χ4v) is 2.83. The van der Waals surface area contributed by atoms with Crippen molar-refractivity contribution in [1.82, 2.24) is 0 Å². The Balaban J connectivity index is 1.96. The average molecular weight is 285 g/mol. The Kier molecular flexibility index (Phi) is 3.25. The average Bonchev–Trinajstić information content (AvgIpc) is 3.02. The number of nitrogens with zero attached hydrogens (tertiary/aromatic N) is 1. The number of aryl methyl sites for hydroxylation is 1. The summed E-state index contributed by atoms with van der Waals surface area (Å²) in [5.74, 6) is -0.612. The zero-order chi connectivity index (χ0) is 15.0. The number of carbonyl (C=O) groups is 2. The molecule has 0 saturated carbocycles. The molecule has 21 heavy (non-hydrogen) atoms. The molecule has 1 aromatic heterocycles. The first-order chi connectivity index (χ1) is 10.1. The van der Waals surface area contributed by atoms with Crippen LogP contribution in [0.3, 0.4) is 0 Å². The number of anilines is 1. The molecule has 1 aliphatic rings. The monoisotopic (exact) mass is 285 g/mol. The zero-order valence-corrected chi connectivity index (χ0v) is 11.6. The summed E-state index contributed by atoms with van der Waals surface area (Å²) in [6, 6.07) is 9.10. The van der Waals surface area contributed by atoms with Gasteiger partial charge in [-0.1, -0.05) is 18.2 Å². The van der Waals surface area contributed by atoms with E-state index >= 15 is 0 Å². The summed E-state index contributed by atoms with van der Waals surface area (Å²) in [4.78, 5) is 25.3. The SMILES string of the molecule is Cc1occc1C(=O)N1CC(CC(=O)O)c2ccccc21. The highest BCUT2D eigenvalue weighted by molar-refractivity contribution is 6.08. The van der Waals surface area contributed by atoms with E-state index in [4.69, 9.17) is 9.52 Å². The molecule has 1 amide bonds. The first kappa shape index (κ1) is 13.4. The van der Waals surface area contributed by atoms with Gasteiger partial charge >= 0.3 is 5.97 Å². The second kappa shape index (κ2) is 5.09. The van der Waals surface area contributed by atoms with Crippen molar-refractivity contribution in [3.63, 3.8) is 0 Å². The molecule has 1 aliphatic heterocycles. The molecule has 2 aromatic rings. The molecule has 1 atom stereocenters. The number of carboxylic acids is 1. The number of rotatable bonds is 3. The van der Waals surface area contributed by atoms with Crippen LogP contribution in [-0.4, -0.2) is 23.5 Å². The molecule has 0 fully saturated rings. The third kappa shape index (κ3) is 2.31. The molecule has 0 bridgehead atoms. The van der Waals surface area contributed by atoms with Crippen molar-refractivity contribution in [2.45, 2.75) is 19.3 Å². The van der Waals surface area contributed by atoms with Gasteiger partial charge in [0.15, 0.2) is 0 Å². The second-order valence-corrected chi connectivity index (χ2v) is 5.16. The van der Waals surface area contributed by atoms with E-state index in [2.05, 4.69) is 0 Å². The molecule has 2 heterocycles. The van der Waals surface area contributed by atoms with Gasteiger partial charge in [-0.15, -0.1) is 0 Å². The van der Waals surface area contributed by atoms with Gasteiger partial charge in [-0.2, -0.15) is 0 Å². The van der Waals surface area contributed by atoms with E-state index in [0.29, 0.717) is 17.9 Å². The van der Waals surface area contributed by atoms with Crippen LogP contribution in [-0.2, 0) is 4.79 Å². The molecule has 1 aromatic carbocycles. The summed E-state index contributed by atoms with van der Waals surface area (Å²) < 4.78 is 5.18.